The summed E-state index contributed by atoms with van der Waals surface area (Å²) in [5.74, 6) is 0.811. The molecule has 1 atom stereocenters. The van der Waals surface area contributed by atoms with Crippen molar-refractivity contribution in [1.82, 2.24) is 10.2 Å². The highest BCUT2D eigenvalue weighted by Gasteiger charge is 2.20. The fourth-order valence-electron chi connectivity index (χ4n) is 2.09. The highest BCUT2D eigenvalue weighted by Crippen LogP contribution is 2.28. The molecule has 0 aliphatic rings. The number of aryl methyl sites for hydroxylation is 1. The molecule has 0 spiro atoms. The van der Waals surface area contributed by atoms with Crippen LogP contribution in [0.2, 0.25) is 0 Å². The van der Waals surface area contributed by atoms with Gasteiger partial charge in [-0.2, -0.15) is 5.26 Å². The molecule has 0 fully saturated rings. The number of nitriles is 1. The molecule has 0 unspecified atom stereocenters. The summed E-state index contributed by atoms with van der Waals surface area (Å²) >= 11 is 1.16. The van der Waals surface area contributed by atoms with Gasteiger partial charge in [0, 0.05) is 5.69 Å². The summed E-state index contributed by atoms with van der Waals surface area (Å²) in [6, 6.07) is 10.5. The minimum atomic E-state index is -0.454. The molecule has 25 heavy (non-hydrogen) atoms. The van der Waals surface area contributed by atoms with Crippen molar-refractivity contribution < 1.29 is 13.6 Å². The second kappa shape index (κ2) is 7.23. The van der Waals surface area contributed by atoms with Crippen LogP contribution in [0.5, 0.6) is 0 Å². The lowest BCUT2D eigenvalue weighted by atomic mass is 10.2. The lowest BCUT2D eigenvalue weighted by Crippen LogP contribution is -2.22. The first kappa shape index (κ1) is 16.8. The number of anilines is 1. The van der Waals surface area contributed by atoms with Gasteiger partial charge in [-0.05, 0) is 38.1 Å². The molecule has 8 heteroatoms. The normalized spacial score (nSPS) is 11.7. The van der Waals surface area contributed by atoms with Gasteiger partial charge in [0.05, 0.1) is 28.7 Å². The molecule has 0 bridgehead atoms. The summed E-state index contributed by atoms with van der Waals surface area (Å²) in [6.45, 7) is 3.54. The van der Waals surface area contributed by atoms with Crippen LogP contribution in [0.4, 0.5) is 5.69 Å². The molecule has 126 valence electrons. The van der Waals surface area contributed by atoms with E-state index in [4.69, 9.17) is 14.1 Å². The van der Waals surface area contributed by atoms with Crippen LogP contribution in [-0.2, 0) is 4.79 Å². The van der Waals surface area contributed by atoms with E-state index in [1.807, 2.05) is 6.07 Å². The number of carbonyl (C=O) groups is 1. The first-order valence-electron chi connectivity index (χ1n) is 7.42. The molecule has 1 N–H and O–H groups in total. The number of aromatic nitrogens is 2. The maximum absolute atomic E-state index is 12.3. The topological polar surface area (TPSA) is 105 Å². The van der Waals surface area contributed by atoms with Gasteiger partial charge in [-0.25, -0.2) is 0 Å². The third kappa shape index (κ3) is 3.89. The van der Waals surface area contributed by atoms with Crippen molar-refractivity contribution in [2.24, 2.45) is 0 Å². The first-order chi connectivity index (χ1) is 12.1. The van der Waals surface area contributed by atoms with Crippen LogP contribution in [-0.4, -0.2) is 21.4 Å². The zero-order chi connectivity index (χ0) is 17.8. The van der Waals surface area contributed by atoms with E-state index in [2.05, 4.69) is 15.5 Å². The van der Waals surface area contributed by atoms with Crippen molar-refractivity contribution in [2.45, 2.75) is 24.3 Å². The maximum atomic E-state index is 12.3. The highest BCUT2D eigenvalue weighted by atomic mass is 32.2. The smallest absolute Gasteiger partial charge is 0.277 e. The van der Waals surface area contributed by atoms with E-state index in [0.717, 1.165) is 17.3 Å². The molecule has 3 aromatic rings. The van der Waals surface area contributed by atoms with Gasteiger partial charge in [-0.15, -0.1) is 10.2 Å². The Bertz CT molecular complexity index is 941. The van der Waals surface area contributed by atoms with Crippen molar-refractivity contribution in [3.8, 4) is 17.5 Å². The van der Waals surface area contributed by atoms with E-state index in [1.54, 1.807) is 50.4 Å². The fourth-order valence-corrected chi connectivity index (χ4v) is 2.77. The summed E-state index contributed by atoms with van der Waals surface area (Å²) in [5.41, 5.74) is 1.77. The Balaban J connectivity index is 1.65. The minimum absolute atomic E-state index is 0.223. The summed E-state index contributed by atoms with van der Waals surface area (Å²) in [7, 11) is 0. The highest BCUT2D eigenvalue weighted by molar-refractivity contribution is 8.00. The second-order valence-electron chi connectivity index (χ2n) is 5.21. The summed E-state index contributed by atoms with van der Waals surface area (Å²) in [4.78, 5) is 12.3. The van der Waals surface area contributed by atoms with Crippen LogP contribution < -0.4 is 5.32 Å². The maximum Gasteiger partial charge on any atom is 0.277 e. The zero-order valence-electron chi connectivity index (χ0n) is 13.5. The molecule has 0 saturated heterocycles. The number of carbonyl (C=O) groups excluding carboxylic acids is 1. The van der Waals surface area contributed by atoms with E-state index in [1.165, 1.54) is 0 Å². The Labute approximate surface area is 148 Å². The summed E-state index contributed by atoms with van der Waals surface area (Å²) in [5, 5.41) is 19.4. The van der Waals surface area contributed by atoms with Crippen LogP contribution in [0.1, 0.15) is 18.2 Å². The Hall–Kier alpha value is -3.05. The van der Waals surface area contributed by atoms with Gasteiger partial charge in [-0.1, -0.05) is 17.8 Å². The van der Waals surface area contributed by atoms with E-state index in [-0.39, 0.29) is 5.91 Å². The molecule has 0 aliphatic heterocycles. The fraction of sp³-hybridized carbons (Fsp3) is 0.176. The average molecular weight is 354 g/mol. The molecular formula is C17H14N4O3S. The number of rotatable bonds is 5. The Morgan fingerprint density at radius 1 is 1.36 bits per heavy atom. The lowest BCUT2D eigenvalue weighted by molar-refractivity contribution is -0.115. The first-order valence-corrected chi connectivity index (χ1v) is 8.30. The monoisotopic (exact) mass is 354 g/mol. The van der Waals surface area contributed by atoms with E-state index in [0.29, 0.717) is 28.1 Å². The molecule has 0 aliphatic carbocycles. The quantitative estimate of drug-likeness (QED) is 0.697. The molecule has 2 aromatic heterocycles. The van der Waals surface area contributed by atoms with Gasteiger partial charge in [0.25, 0.3) is 11.1 Å². The van der Waals surface area contributed by atoms with Crippen LogP contribution >= 0.6 is 11.8 Å². The number of furan rings is 1. The van der Waals surface area contributed by atoms with Gasteiger partial charge in [-0.3, -0.25) is 4.79 Å². The number of hydrogen-bond donors (Lipinski definition) is 1. The van der Waals surface area contributed by atoms with Gasteiger partial charge in [0.1, 0.15) is 5.76 Å². The van der Waals surface area contributed by atoms with Crippen molar-refractivity contribution in [3.05, 3.63) is 47.9 Å². The Morgan fingerprint density at radius 2 is 2.20 bits per heavy atom. The molecule has 0 radical (unpaired) electrons. The Morgan fingerprint density at radius 3 is 2.92 bits per heavy atom. The minimum Gasteiger partial charge on any atom is -0.469 e. The van der Waals surface area contributed by atoms with E-state index >= 15 is 0 Å². The van der Waals surface area contributed by atoms with E-state index in [9.17, 15) is 4.79 Å². The van der Waals surface area contributed by atoms with Crippen molar-refractivity contribution in [3.63, 3.8) is 0 Å². The molecule has 0 saturated carbocycles. The molecule has 1 aromatic carbocycles. The molecule has 2 heterocycles. The van der Waals surface area contributed by atoms with Crippen LogP contribution in [0.15, 0.2) is 50.7 Å². The third-order valence-electron chi connectivity index (χ3n) is 3.40. The number of nitrogens with one attached hydrogen (secondary N) is 1. The van der Waals surface area contributed by atoms with Gasteiger partial charge < -0.3 is 14.2 Å². The van der Waals surface area contributed by atoms with Crippen molar-refractivity contribution in [2.75, 3.05) is 5.32 Å². The number of nitrogens with zero attached hydrogens (tertiary/aromatic N) is 3. The number of hydrogen-bond acceptors (Lipinski definition) is 7. The molecular weight excluding hydrogens is 340 g/mol. The van der Waals surface area contributed by atoms with Crippen molar-refractivity contribution >= 4 is 23.4 Å². The predicted octanol–water partition coefficient (Wildman–Crippen LogP) is 3.63. The molecule has 3 rings (SSSR count). The summed E-state index contributed by atoms with van der Waals surface area (Å²) in [6.07, 6.45) is 1.55. The predicted molar refractivity (Wildman–Crippen MR) is 91.8 cm³/mol. The van der Waals surface area contributed by atoms with Crippen LogP contribution in [0, 0.1) is 18.3 Å². The van der Waals surface area contributed by atoms with Gasteiger partial charge >= 0.3 is 0 Å². The van der Waals surface area contributed by atoms with Crippen LogP contribution in [0.25, 0.3) is 11.5 Å². The number of benzene rings is 1. The largest absolute Gasteiger partial charge is 0.469 e. The van der Waals surface area contributed by atoms with Gasteiger partial charge in [0.2, 0.25) is 5.91 Å². The molecule has 1 amide bonds. The standard InChI is InChI=1S/C17H14N4O3S/c1-10-14(6-7-23-10)16-20-21-17(24-16)25-11(2)15(22)19-13-5-3-4-12(8-13)9-18/h3-8,11H,1-2H3,(H,19,22)/t11-/m1/s1. The summed E-state index contributed by atoms with van der Waals surface area (Å²) < 4.78 is 10.8. The van der Waals surface area contributed by atoms with Crippen molar-refractivity contribution in [1.29, 1.82) is 5.26 Å². The Kier molecular flexibility index (Phi) is 4.86. The van der Waals surface area contributed by atoms with Crippen LogP contribution in [0.3, 0.4) is 0 Å². The van der Waals surface area contributed by atoms with E-state index < -0.39 is 5.25 Å². The lowest BCUT2D eigenvalue weighted by Gasteiger charge is -2.09. The zero-order valence-corrected chi connectivity index (χ0v) is 14.3. The average Bonchev–Trinajstić information content (AvgIpc) is 3.23. The SMILES string of the molecule is Cc1occc1-c1nnc(S[C@H](C)C(=O)Nc2cccc(C#N)c2)o1. The third-order valence-corrected chi connectivity index (χ3v) is 4.34. The van der Waals surface area contributed by atoms with Gasteiger partial charge in [0.15, 0.2) is 0 Å². The number of thioether (sulfide) groups is 1. The molecule has 7 nitrogen and oxygen atoms in total. The second-order valence-corrected chi connectivity index (χ2v) is 6.50. The number of amides is 1.